The molecule has 1 N–H and O–H groups in total. The van der Waals surface area contributed by atoms with Gasteiger partial charge in [0.1, 0.15) is 35.7 Å². The highest BCUT2D eigenvalue weighted by atomic mass is 19.1. The summed E-state index contributed by atoms with van der Waals surface area (Å²) in [5.41, 5.74) is 1.30. The third kappa shape index (κ3) is 4.60. The molecule has 10 heteroatoms. The van der Waals surface area contributed by atoms with Crippen LogP contribution in [0.25, 0.3) is 0 Å². The molecule has 1 saturated carbocycles. The maximum Gasteiger partial charge on any atom is 0.410 e. The molecule has 3 heterocycles. The number of nitriles is 1. The van der Waals surface area contributed by atoms with E-state index in [4.69, 9.17) is 14.2 Å². The van der Waals surface area contributed by atoms with Crippen molar-refractivity contribution in [3.63, 3.8) is 0 Å². The molecule has 1 aliphatic carbocycles. The van der Waals surface area contributed by atoms with Crippen molar-refractivity contribution in [1.82, 2.24) is 14.9 Å². The normalized spacial score (nSPS) is 24.3. The van der Waals surface area contributed by atoms with Crippen molar-refractivity contribution in [2.24, 2.45) is 11.8 Å². The number of amides is 1. The van der Waals surface area contributed by atoms with Gasteiger partial charge in [-0.05, 0) is 45.7 Å². The summed E-state index contributed by atoms with van der Waals surface area (Å²) in [5, 5.41) is 12.6. The van der Waals surface area contributed by atoms with Gasteiger partial charge >= 0.3 is 6.09 Å². The molecule has 2 aromatic rings. The topological polar surface area (TPSA) is 110 Å². The summed E-state index contributed by atoms with van der Waals surface area (Å²) < 4.78 is 31.7. The summed E-state index contributed by atoms with van der Waals surface area (Å²) in [5.74, 6) is 0.419. The number of aromatic nitrogens is 2. The van der Waals surface area contributed by atoms with Gasteiger partial charge in [-0.1, -0.05) is 0 Å². The van der Waals surface area contributed by atoms with Crippen LogP contribution in [0.1, 0.15) is 36.5 Å². The Morgan fingerprint density at radius 1 is 1.23 bits per heavy atom. The van der Waals surface area contributed by atoms with Crippen molar-refractivity contribution in [2.45, 2.75) is 45.3 Å². The molecule has 2 unspecified atom stereocenters. The maximum atomic E-state index is 13.9. The van der Waals surface area contributed by atoms with Crippen LogP contribution in [-0.2, 0) is 9.47 Å². The SMILES string of the molecule is Cc1c(Nc2ccc(F)c(C)c2C#N)ncnc1OC1C2COCC1CN(C(=O)OC1(C)CC1)C2. The van der Waals surface area contributed by atoms with Gasteiger partial charge in [0.15, 0.2) is 0 Å². The molecule has 0 spiro atoms. The minimum atomic E-state index is -0.439. The molecule has 2 saturated heterocycles. The Hall–Kier alpha value is -3.45. The summed E-state index contributed by atoms with van der Waals surface area (Å²) in [7, 11) is 0. The van der Waals surface area contributed by atoms with Gasteiger partial charge < -0.3 is 24.4 Å². The Labute approximate surface area is 203 Å². The molecular weight excluding hydrogens is 453 g/mol. The molecule has 1 aromatic heterocycles. The summed E-state index contributed by atoms with van der Waals surface area (Å²) in [6, 6.07) is 4.88. The van der Waals surface area contributed by atoms with Crippen LogP contribution in [0.5, 0.6) is 5.88 Å². The minimum Gasteiger partial charge on any atom is -0.473 e. The van der Waals surface area contributed by atoms with E-state index in [0.717, 1.165) is 12.8 Å². The Morgan fingerprint density at radius 2 is 1.94 bits per heavy atom. The Bertz CT molecular complexity index is 1180. The lowest BCUT2D eigenvalue weighted by Crippen LogP contribution is -2.59. The smallest absolute Gasteiger partial charge is 0.410 e. The van der Waals surface area contributed by atoms with Crippen LogP contribution in [0.4, 0.5) is 20.7 Å². The monoisotopic (exact) mass is 481 g/mol. The second-order valence-electron chi connectivity index (χ2n) is 9.85. The molecule has 3 fully saturated rings. The van der Waals surface area contributed by atoms with Crippen LogP contribution in [0.2, 0.25) is 0 Å². The molecule has 5 rings (SSSR count). The van der Waals surface area contributed by atoms with Crippen LogP contribution in [0.15, 0.2) is 18.5 Å². The molecule has 184 valence electrons. The van der Waals surface area contributed by atoms with E-state index in [1.54, 1.807) is 11.8 Å². The standard InChI is InChI=1S/C25H28FN5O4/c1-14-18(8-27)20(5-4-19(14)26)30-22-15(2)23(29-13-28-22)34-21-16-9-31(10-17(21)12-33-11-16)24(32)35-25(3)6-7-25/h4-5,13,16-17,21H,6-7,9-12H2,1-3H3,(H,28,29,30). The van der Waals surface area contributed by atoms with E-state index in [9.17, 15) is 14.4 Å². The lowest BCUT2D eigenvalue weighted by Gasteiger charge is -2.46. The van der Waals surface area contributed by atoms with Crippen LogP contribution < -0.4 is 10.1 Å². The number of ether oxygens (including phenoxy) is 3. The largest absolute Gasteiger partial charge is 0.473 e. The number of hydrogen-bond acceptors (Lipinski definition) is 8. The first-order valence-corrected chi connectivity index (χ1v) is 11.8. The van der Waals surface area contributed by atoms with Gasteiger partial charge in [0.25, 0.3) is 0 Å². The average molecular weight is 482 g/mol. The number of hydrogen-bond donors (Lipinski definition) is 1. The van der Waals surface area contributed by atoms with Crippen molar-refractivity contribution in [1.29, 1.82) is 5.26 Å². The fraction of sp³-hybridized carbons (Fsp3) is 0.520. The predicted molar refractivity (Wildman–Crippen MR) is 124 cm³/mol. The zero-order chi connectivity index (χ0) is 24.7. The molecule has 2 aliphatic heterocycles. The summed E-state index contributed by atoms with van der Waals surface area (Å²) >= 11 is 0. The van der Waals surface area contributed by atoms with Crippen LogP contribution in [-0.4, -0.2) is 59.0 Å². The quantitative estimate of drug-likeness (QED) is 0.686. The van der Waals surface area contributed by atoms with Crippen LogP contribution in [0, 0.1) is 42.8 Å². The number of nitrogens with zero attached hydrogens (tertiary/aromatic N) is 4. The zero-order valence-corrected chi connectivity index (χ0v) is 20.0. The van der Waals surface area contributed by atoms with Gasteiger partial charge in [0.05, 0.1) is 30.0 Å². The molecule has 1 aromatic carbocycles. The second kappa shape index (κ2) is 8.96. The average Bonchev–Trinajstić information content (AvgIpc) is 3.55. The van der Waals surface area contributed by atoms with E-state index in [-0.39, 0.29) is 40.8 Å². The van der Waals surface area contributed by atoms with Crippen molar-refractivity contribution < 1.29 is 23.4 Å². The third-order valence-electron chi connectivity index (χ3n) is 7.10. The minimum absolute atomic E-state index is 0.0160. The highest BCUT2D eigenvalue weighted by Crippen LogP contribution is 2.40. The molecule has 9 nitrogen and oxygen atoms in total. The number of nitrogens with one attached hydrogen (secondary N) is 1. The fourth-order valence-electron chi connectivity index (χ4n) is 4.66. The first kappa shape index (κ1) is 23.3. The molecule has 0 radical (unpaired) electrons. The fourth-order valence-corrected chi connectivity index (χ4v) is 4.66. The second-order valence-corrected chi connectivity index (χ2v) is 9.85. The van der Waals surface area contributed by atoms with Crippen LogP contribution >= 0.6 is 0 Å². The van der Waals surface area contributed by atoms with E-state index in [1.165, 1.54) is 18.5 Å². The van der Waals surface area contributed by atoms with E-state index in [1.807, 2.05) is 19.9 Å². The van der Waals surface area contributed by atoms with Gasteiger partial charge in [-0.25, -0.2) is 19.2 Å². The number of rotatable bonds is 5. The van der Waals surface area contributed by atoms with Crippen molar-refractivity contribution in [3.05, 3.63) is 41.0 Å². The maximum absolute atomic E-state index is 13.9. The van der Waals surface area contributed by atoms with Gasteiger partial charge in [-0.15, -0.1) is 0 Å². The molecular formula is C25H28FN5O4. The summed E-state index contributed by atoms with van der Waals surface area (Å²) in [6.07, 6.45) is 2.76. The lowest BCUT2D eigenvalue weighted by molar-refractivity contribution is -0.111. The zero-order valence-electron chi connectivity index (χ0n) is 20.0. The van der Waals surface area contributed by atoms with Gasteiger partial charge in [0.2, 0.25) is 5.88 Å². The van der Waals surface area contributed by atoms with E-state index in [0.29, 0.717) is 49.3 Å². The molecule has 1 amide bonds. The molecule has 2 atom stereocenters. The van der Waals surface area contributed by atoms with E-state index < -0.39 is 5.82 Å². The molecule has 35 heavy (non-hydrogen) atoms. The highest BCUT2D eigenvalue weighted by Gasteiger charge is 2.47. The Kier molecular flexibility index (Phi) is 5.97. The van der Waals surface area contributed by atoms with Crippen molar-refractivity contribution in [3.8, 4) is 11.9 Å². The van der Waals surface area contributed by atoms with Crippen molar-refractivity contribution >= 4 is 17.6 Å². The third-order valence-corrected chi connectivity index (χ3v) is 7.10. The highest BCUT2D eigenvalue weighted by molar-refractivity contribution is 5.69. The number of benzene rings is 1. The van der Waals surface area contributed by atoms with Crippen molar-refractivity contribution in [2.75, 3.05) is 31.6 Å². The number of halogens is 1. The predicted octanol–water partition coefficient (Wildman–Crippen LogP) is 3.86. The van der Waals surface area contributed by atoms with Gasteiger partial charge in [-0.2, -0.15) is 5.26 Å². The number of carbonyl (C=O) groups is 1. The number of anilines is 2. The number of carbonyl (C=O) groups excluding carboxylic acids is 1. The molecule has 3 aliphatic rings. The Balaban J connectivity index is 1.32. The Morgan fingerprint density at radius 3 is 2.60 bits per heavy atom. The lowest BCUT2D eigenvalue weighted by atomic mass is 9.84. The van der Waals surface area contributed by atoms with Gasteiger partial charge in [-0.3, -0.25) is 0 Å². The van der Waals surface area contributed by atoms with E-state index >= 15 is 0 Å². The molecule has 2 bridgehead atoms. The number of piperidine rings is 1. The summed E-state index contributed by atoms with van der Waals surface area (Å²) in [4.78, 5) is 23.1. The number of likely N-dealkylation sites (tertiary alicyclic amines) is 1. The first-order valence-electron chi connectivity index (χ1n) is 11.8. The van der Waals surface area contributed by atoms with Gasteiger partial charge in [0, 0.05) is 30.5 Å². The van der Waals surface area contributed by atoms with Crippen LogP contribution in [0.3, 0.4) is 0 Å². The first-order chi connectivity index (χ1) is 16.8. The summed E-state index contributed by atoms with van der Waals surface area (Å²) in [6.45, 7) is 7.30. The van der Waals surface area contributed by atoms with E-state index in [2.05, 4.69) is 15.3 Å². The number of fused-ring (bicyclic) bond motifs is 2.